The van der Waals surface area contributed by atoms with Crippen LogP contribution in [0.1, 0.15) is 57.3 Å². The number of aliphatic hydroxyl groups is 1. The van der Waals surface area contributed by atoms with Gasteiger partial charge in [0.1, 0.15) is 39.9 Å². The SMILES string of the molecule is Cc1cc(=O)c2c(O)c3c(cc2o1)OC(C)(C)[C@H](OC(=O)[C@@]1(CCCCO)O[C@@H]1CCCN=C(N)N)C3. The van der Waals surface area contributed by atoms with Gasteiger partial charge < -0.3 is 40.3 Å². The van der Waals surface area contributed by atoms with Crippen LogP contribution in [-0.2, 0) is 20.7 Å². The van der Waals surface area contributed by atoms with Gasteiger partial charge in [-0.05, 0) is 52.9 Å². The fourth-order valence-electron chi connectivity index (χ4n) is 4.92. The molecule has 0 unspecified atom stereocenters. The molecule has 11 heteroatoms. The summed E-state index contributed by atoms with van der Waals surface area (Å²) in [5.41, 5.74) is 8.93. The topological polar surface area (TPSA) is 183 Å². The smallest absolute Gasteiger partial charge is 0.341 e. The quantitative estimate of drug-likeness (QED) is 0.119. The molecule has 0 amide bonds. The molecule has 4 rings (SSSR count). The Bertz CT molecular complexity index is 1270. The van der Waals surface area contributed by atoms with Gasteiger partial charge in [-0.3, -0.25) is 9.79 Å². The highest BCUT2D eigenvalue weighted by molar-refractivity contribution is 5.87. The van der Waals surface area contributed by atoms with Gasteiger partial charge in [-0.1, -0.05) is 0 Å². The van der Waals surface area contributed by atoms with Gasteiger partial charge in [0.25, 0.3) is 0 Å². The number of fused-ring (bicyclic) bond motifs is 2. The molecule has 3 atom stereocenters. The second-order valence-corrected chi connectivity index (χ2v) is 10.2. The molecule has 2 aromatic rings. The van der Waals surface area contributed by atoms with Gasteiger partial charge in [0.05, 0.1) is 6.10 Å². The van der Waals surface area contributed by atoms with Crippen molar-refractivity contribution in [2.45, 2.75) is 82.7 Å². The number of unbranched alkanes of at least 4 members (excludes halogenated alkanes) is 1. The first-order valence-electron chi connectivity index (χ1n) is 12.5. The van der Waals surface area contributed by atoms with Gasteiger partial charge >= 0.3 is 5.97 Å². The molecule has 1 aromatic carbocycles. The summed E-state index contributed by atoms with van der Waals surface area (Å²) in [4.78, 5) is 30.0. The molecule has 6 N–H and O–H groups in total. The molecule has 37 heavy (non-hydrogen) atoms. The van der Waals surface area contributed by atoms with E-state index < -0.39 is 23.3 Å². The maximum atomic E-state index is 13.5. The molecule has 1 aromatic heterocycles. The van der Waals surface area contributed by atoms with Crippen LogP contribution in [0.5, 0.6) is 11.5 Å². The highest BCUT2D eigenvalue weighted by atomic mass is 16.7. The highest BCUT2D eigenvalue weighted by Gasteiger charge is 2.63. The number of hydrogen-bond donors (Lipinski definition) is 4. The lowest BCUT2D eigenvalue weighted by Gasteiger charge is -2.39. The summed E-state index contributed by atoms with van der Waals surface area (Å²) in [6.45, 7) is 5.68. The number of phenols is 1. The first-order chi connectivity index (χ1) is 17.5. The van der Waals surface area contributed by atoms with Crippen LogP contribution in [0.15, 0.2) is 26.3 Å². The summed E-state index contributed by atoms with van der Waals surface area (Å²) in [7, 11) is 0. The number of benzene rings is 1. The predicted molar refractivity (Wildman–Crippen MR) is 136 cm³/mol. The number of hydrogen-bond acceptors (Lipinski definition) is 9. The first kappa shape index (κ1) is 26.7. The van der Waals surface area contributed by atoms with Crippen LogP contribution in [0.25, 0.3) is 11.0 Å². The first-order valence-corrected chi connectivity index (χ1v) is 12.5. The molecule has 3 heterocycles. The van der Waals surface area contributed by atoms with Gasteiger partial charge in [0.15, 0.2) is 17.0 Å². The van der Waals surface area contributed by atoms with Crippen molar-refractivity contribution in [3.8, 4) is 11.5 Å². The number of phenolic OH excluding ortho intramolecular Hbond substituents is 1. The molecule has 2 aliphatic rings. The van der Waals surface area contributed by atoms with Crippen LogP contribution in [-0.4, -0.2) is 58.7 Å². The summed E-state index contributed by atoms with van der Waals surface area (Å²) < 4.78 is 23.7. The normalized spacial score (nSPS) is 23.7. The second-order valence-electron chi connectivity index (χ2n) is 10.2. The summed E-state index contributed by atoms with van der Waals surface area (Å²) >= 11 is 0. The van der Waals surface area contributed by atoms with Crippen molar-refractivity contribution < 1.29 is 33.6 Å². The van der Waals surface area contributed by atoms with Crippen LogP contribution >= 0.6 is 0 Å². The summed E-state index contributed by atoms with van der Waals surface area (Å²) in [6, 6.07) is 2.90. The minimum atomic E-state index is -1.12. The lowest BCUT2D eigenvalue weighted by Crippen LogP contribution is -2.50. The van der Waals surface area contributed by atoms with Gasteiger partial charge in [-0.15, -0.1) is 0 Å². The van der Waals surface area contributed by atoms with E-state index in [-0.39, 0.29) is 47.2 Å². The molecule has 1 fully saturated rings. The van der Waals surface area contributed by atoms with Crippen molar-refractivity contribution >= 4 is 22.9 Å². The summed E-state index contributed by atoms with van der Waals surface area (Å²) in [5.74, 6) is 0.0409. The number of rotatable bonds is 10. The van der Waals surface area contributed by atoms with E-state index in [1.54, 1.807) is 26.8 Å². The van der Waals surface area contributed by atoms with Gasteiger partial charge in [0.2, 0.25) is 0 Å². The predicted octanol–water partition coefficient (Wildman–Crippen LogP) is 1.79. The number of guanidine groups is 1. The van der Waals surface area contributed by atoms with Crippen LogP contribution < -0.4 is 21.6 Å². The zero-order valence-electron chi connectivity index (χ0n) is 21.4. The molecule has 1 saturated heterocycles. The third kappa shape index (κ3) is 5.37. The van der Waals surface area contributed by atoms with Crippen molar-refractivity contribution in [3.63, 3.8) is 0 Å². The molecule has 0 spiro atoms. The van der Waals surface area contributed by atoms with Crippen molar-refractivity contribution in [3.05, 3.63) is 33.7 Å². The van der Waals surface area contributed by atoms with E-state index in [1.807, 2.05) is 0 Å². The maximum absolute atomic E-state index is 13.5. The zero-order valence-corrected chi connectivity index (χ0v) is 21.4. The maximum Gasteiger partial charge on any atom is 0.341 e. The Labute approximate surface area is 214 Å². The molecular formula is C26H35N3O8. The van der Waals surface area contributed by atoms with Crippen LogP contribution in [0.4, 0.5) is 0 Å². The Morgan fingerprint density at radius 1 is 1.24 bits per heavy atom. The number of aliphatic imine (C=N–C) groups is 1. The van der Waals surface area contributed by atoms with E-state index in [0.29, 0.717) is 55.7 Å². The minimum Gasteiger partial charge on any atom is -0.507 e. The molecule has 0 saturated carbocycles. The summed E-state index contributed by atoms with van der Waals surface area (Å²) in [6.07, 6.45) is 1.77. The molecule has 202 valence electrons. The lowest BCUT2D eigenvalue weighted by atomic mass is 9.89. The van der Waals surface area contributed by atoms with Crippen LogP contribution in [0, 0.1) is 6.92 Å². The molecule has 0 bridgehead atoms. The number of nitrogens with two attached hydrogens (primary N) is 2. The van der Waals surface area contributed by atoms with Crippen LogP contribution in [0.2, 0.25) is 0 Å². The fourth-order valence-corrected chi connectivity index (χ4v) is 4.92. The van der Waals surface area contributed by atoms with Crippen molar-refractivity contribution in [1.82, 2.24) is 0 Å². The van der Waals surface area contributed by atoms with E-state index in [1.165, 1.54) is 6.07 Å². The van der Waals surface area contributed by atoms with Crippen molar-refractivity contribution in [2.75, 3.05) is 13.2 Å². The Hall–Kier alpha value is -3.31. The monoisotopic (exact) mass is 517 g/mol. The largest absolute Gasteiger partial charge is 0.507 e. The van der Waals surface area contributed by atoms with E-state index >= 15 is 0 Å². The van der Waals surface area contributed by atoms with Gasteiger partial charge in [-0.2, -0.15) is 0 Å². The average molecular weight is 518 g/mol. The number of aryl methyl sites for hydroxylation is 1. The zero-order chi connectivity index (χ0) is 27.0. The van der Waals surface area contributed by atoms with Gasteiger partial charge in [0, 0.05) is 37.3 Å². The third-order valence-corrected chi connectivity index (χ3v) is 7.00. The van der Waals surface area contributed by atoms with Crippen molar-refractivity contribution in [1.29, 1.82) is 0 Å². The lowest BCUT2D eigenvalue weighted by molar-refractivity contribution is -0.168. The van der Waals surface area contributed by atoms with E-state index in [9.17, 15) is 19.8 Å². The van der Waals surface area contributed by atoms with Crippen LogP contribution in [0.3, 0.4) is 0 Å². The van der Waals surface area contributed by atoms with Crippen molar-refractivity contribution in [2.24, 2.45) is 16.5 Å². The number of carbonyl (C=O) groups excluding carboxylic acids is 1. The fraction of sp³-hybridized carbons (Fsp3) is 0.577. The Balaban J connectivity index is 1.55. The number of epoxide rings is 1. The Kier molecular flexibility index (Phi) is 7.38. The van der Waals surface area contributed by atoms with Gasteiger partial charge in [-0.25, -0.2) is 4.79 Å². The number of carbonyl (C=O) groups is 1. The second kappa shape index (κ2) is 10.2. The number of ether oxygens (including phenoxy) is 3. The molecule has 11 nitrogen and oxygen atoms in total. The Morgan fingerprint density at radius 2 is 2.00 bits per heavy atom. The molecule has 0 radical (unpaired) electrons. The number of aromatic hydroxyl groups is 1. The minimum absolute atomic E-state index is 0.00841. The standard InChI is InChI=1S/C26H35N3O8/c1-14-11-16(31)21-18(34-14)13-17-15(22(21)32)12-20(25(2,3)36-17)35-23(33)26(8-4-5-10-30)19(37-26)7-6-9-29-24(27)28/h11,13,19-20,30,32H,4-10,12H2,1-3H3,(H4,27,28,29)/t19-,20-,26+/m1/s1. The molecule has 0 aliphatic carbocycles. The Morgan fingerprint density at radius 3 is 2.70 bits per heavy atom. The number of esters is 1. The third-order valence-electron chi connectivity index (χ3n) is 7.00. The van der Waals surface area contributed by atoms with E-state index in [2.05, 4.69) is 4.99 Å². The number of aliphatic hydroxyl groups excluding tert-OH is 1. The summed E-state index contributed by atoms with van der Waals surface area (Å²) in [5, 5.41) is 20.2. The highest BCUT2D eigenvalue weighted by Crippen LogP contribution is 2.47. The molecular weight excluding hydrogens is 482 g/mol. The number of nitrogens with zero attached hydrogens (tertiary/aromatic N) is 1. The van der Waals surface area contributed by atoms with E-state index in [4.69, 9.17) is 30.1 Å². The molecule has 2 aliphatic heterocycles. The average Bonchev–Trinajstić information content (AvgIpc) is 3.51. The van der Waals surface area contributed by atoms with E-state index in [0.717, 1.165) is 0 Å².